The van der Waals surface area contributed by atoms with Gasteiger partial charge in [0, 0.05) is 29.6 Å². The minimum absolute atomic E-state index is 0.161. The van der Waals surface area contributed by atoms with Gasteiger partial charge < -0.3 is 18.9 Å². The number of rotatable bonds is 6. The van der Waals surface area contributed by atoms with Crippen LogP contribution >= 0.6 is 15.9 Å². The molecule has 10 nitrogen and oxygen atoms in total. The molecule has 0 bridgehead atoms. The molecule has 0 N–H and O–H groups in total. The Morgan fingerprint density at radius 1 is 1.12 bits per heavy atom. The lowest BCUT2D eigenvalue weighted by atomic mass is 10.0. The van der Waals surface area contributed by atoms with Crippen molar-refractivity contribution in [1.82, 2.24) is 29.8 Å². The minimum atomic E-state index is -0.510. The maximum atomic E-state index is 14.2. The summed E-state index contributed by atoms with van der Waals surface area (Å²) in [4.78, 5) is 25.3. The quantitative estimate of drug-likeness (QED) is 0.262. The summed E-state index contributed by atoms with van der Waals surface area (Å²) < 4.78 is 19.0. The Labute approximate surface area is 238 Å². The largest absolute Gasteiger partial charge is 0.497 e. The number of hydrogen-bond acceptors (Lipinski definition) is 8. The summed E-state index contributed by atoms with van der Waals surface area (Å²) in [5.74, 6) is 1.34. The molecule has 0 saturated carbocycles. The van der Waals surface area contributed by atoms with E-state index in [-0.39, 0.29) is 12.5 Å². The molecule has 1 saturated heterocycles. The van der Waals surface area contributed by atoms with E-state index in [4.69, 9.17) is 19.0 Å². The van der Waals surface area contributed by atoms with E-state index in [2.05, 4.69) is 31.2 Å². The van der Waals surface area contributed by atoms with Crippen molar-refractivity contribution in [2.45, 2.75) is 6.04 Å². The van der Waals surface area contributed by atoms with Gasteiger partial charge in [-0.15, -0.1) is 0 Å². The summed E-state index contributed by atoms with van der Waals surface area (Å²) in [6.07, 6.45) is 7.30. The zero-order valence-corrected chi connectivity index (χ0v) is 23.4. The average molecular weight is 601 g/mol. The number of carbonyl (C=O) groups excluding carboxylic acids is 1. The Morgan fingerprint density at radius 2 is 1.98 bits per heavy atom. The standard InChI is InChI=1S/C29H25BrN6O4/c1-35-16-19(15-31-35)28-33-27(34-40-28)26-17-39-12-11-36(26)29(37)24-14-21(32-25-10-6-20(30)13-23(24)25)7-3-18-4-8-22(38-2)9-5-18/h3-10,13-16,26H,11-12,17H2,1-2H3/b7-3+. The van der Waals surface area contributed by atoms with E-state index in [0.29, 0.717) is 47.2 Å². The zero-order valence-electron chi connectivity index (χ0n) is 21.8. The van der Waals surface area contributed by atoms with Crippen LogP contribution in [0.5, 0.6) is 5.75 Å². The molecular formula is C29H25BrN6O4. The van der Waals surface area contributed by atoms with Crippen molar-refractivity contribution in [1.29, 1.82) is 0 Å². The van der Waals surface area contributed by atoms with E-state index in [1.807, 2.05) is 67.7 Å². The number of fused-ring (bicyclic) bond motifs is 1. The molecule has 6 rings (SSSR count). The van der Waals surface area contributed by atoms with Crippen molar-refractivity contribution in [3.63, 3.8) is 0 Å². The van der Waals surface area contributed by atoms with Crippen LogP contribution in [0.15, 0.2) is 69.9 Å². The first-order chi connectivity index (χ1) is 19.5. The highest BCUT2D eigenvalue weighted by molar-refractivity contribution is 9.10. The predicted molar refractivity (Wildman–Crippen MR) is 152 cm³/mol. The molecule has 1 aliphatic rings. The van der Waals surface area contributed by atoms with Gasteiger partial charge in [0.15, 0.2) is 5.82 Å². The summed E-state index contributed by atoms with van der Waals surface area (Å²) in [5.41, 5.74) is 3.60. The van der Waals surface area contributed by atoms with Crippen molar-refractivity contribution in [3.8, 4) is 17.2 Å². The maximum Gasteiger partial charge on any atom is 0.261 e. The Bertz CT molecular complexity index is 1710. The SMILES string of the molecule is COc1ccc(/C=C/c2cc(C(=O)N3CCOCC3c3noc(-c4cnn(C)c4)n3)c3cc(Br)ccc3n2)cc1. The maximum absolute atomic E-state index is 14.2. The van der Waals surface area contributed by atoms with Crippen molar-refractivity contribution in [2.24, 2.45) is 7.05 Å². The number of methoxy groups -OCH3 is 1. The molecule has 202 valence electrons. The Kier molecular flexibility index (Phi) is 7.14. The second-order valence-corrected chi connectivity index (χ2v) is 10.2. The van der Waals surface area contributed by atoms with E-state index in [1.165, 1.54) is 0 Å². The van der Waals surface area contributed by atoms with Crippen LogP contribution in [-0.2, 0) is 11.8 Å². The first kappa shape index (κ1) is 25.9. The molecule has 40 heavy (non-hydrogen) atoms. The summed E-state index contributed by atoms with van der Waals surface area (Å²) in [6, 6.07) is 14.8. The number of benzene rings is 2. The Hall–Kier alpha value is -4.35. The van der Waals surface area contributed by atoms with Crippen LogP contribution in [0.1, 0.15) is 33.5 Å². The van der Waals surface area contributed by atoms with Crippen LogP contribution in [-0.4, -0.2) is 62.6 Å². The predicted octanol–water partition coefficient (Wildman–Crippen LogP) is 5.17. The van der Waals surface area contributed by atoms with E-state index < -0.39 is 6.04 Å². The molecule has 4 heterocycles. The number of morpholine rings is 1. The topological polar surface area (TPSA) is 108 Å². The number of halogens is 1. The smallest absolute Gasteiger partial charge is 0.261 e. The highest BCUT2D eigenvalue weighted by Crippen LogP contribution is 2.30. The van der Waals surface area contributed by atoms with Crippen LogP contribution in [0.2, 0.25) is 0 Å². The average Bonchev–Trinajstić information content (AvgIpc) is 3.65. The van der Waals surface area contributed by atoms with Crippen molar-refractivity contribution in [3.05, 3.63) is 88.0 Å². The fourth-order valence-electron chi connectivity index (χ4n) is 4.61. The molecule has 1 fully saturated rings. The summed E-state index contributed by atoms with van der Waals surface area (Å²) in [7, 11) is 3.45. The fourth-order valence-corrected chi connectivity index (χ4v) is 4.97. The van der Waals surface area contributed by atoms with E-state index in [9.17, 15) is 4.79 Å². The lowest BCUT2D eigenvalue weighted by Crippen LogP contribution is -2.44. The molecule has 1 atom stereocenters. The lowest BCUT2D eigenvalue weighted by molar-refractivity contribution is -0.00566. The van der Waals surface area contributed by atoms with Gasteiger partial charge in [-0.25, -0.2) is 4.98 Å². The van der Waals surface area contributed by atoms with Gasteiger partial charge in [0.1, 0.15) is 11.8 Å². The van der Waals surface area contributed by atoms with Gasteiger partial charge in [-0.1, -0.05) is 39.3 Å². The molecule has 0 aliphatic carbocycles. The Morgan fingerprint density at radius 3 is 2.75 bits per heavy atom. The van der Waals surface area contributed by atoms with Gasteiger partial charge in [0.25, 0.3) is 11.8 Å². The number of carbonyl (C=O) groups is 1. The van der Waals surface area contributed by atoms with E-state index in [0.717, 1.165) is 21.2 Å². The molecular weight excluding hydrogens is 576 g/mol. The van der Waals surface area contributed by atoms with E-state index >= 15 is 0 Å². The molecule has 1 amide bonds. The van der Waals surface area contributed by atoms with Crippen molar-refractivity contribution in [2.75, 3.05) is 26.9 Å². The molecule has 0 spiro atoms. The lowest BCUT2D eigenvalue weighted by Gasteiger charge is -2.34. The third-order valence-corrected chi connectivity index (χ3v) is 7.16. The third-order valence-electron chi connectivity index (χ3n) is 6.66. The fraction of sp³-hybridized carbons (Fsp3) is 0.207. The summed E-state index contributed by atoms with van der Waals surface area (Å²) >= 11 is 3.54. The van der Waals surface area contributed by atoms with Gasteiger partial charge in [0.2, 0.25) is 0 Å². The number of amides is 1. The second-order valence-electron chi connectivity index (χ2n) is 9.31. The zero-order chi connectivity index (χ0) is 27.6. The first-order valence-electron chi connectivity index (χ1n) is 12.6. The highest BCUT2D eigenvalue weighted by atomic mass is 79.9. The Balaban J connectivity index is 1.35. The normalized spacial score (nSPS) is 15.7. The van der Waals surface area contributed by atoms with Crippen LogP contribution in [0.4, 0.5) is 0 Å². The highest BCUT2D eigenvalue weighted by Gasteiger charge is 2.34. The van der Waals surface area contributed by atoms with Gasteiger partial charge in [-0.2, -0.15) is 10.1 Å². The molecule has 11 heteroatoms. The molecule has 2 aromatic carbocycles. The number of aryl methyl sites for hydroxylation is 1. The van der Waals surface area contributed by atoms with Crippen molar-refractivity contribution >= 4 is 44.9 Å². The second kappa shape index (κ2) is 11.0. The number of nitrogens with zero attached hydrogens (tertiary/aromatic N) is 6. The van der Waals surface area contributed by atoms with Crippen molar-refractivity contribution < 1.29 is 18.8 Å². The van der Waals surface area contributed by atoms with Gasteiger partial charge >= 0.3 is 0 Å². The number of hydrogen-bond donors (Lipinski definition) is 0. The minimum Gasteiger partial charge on any atom is -0.497 e. The van der Waals surface area contributed by atoms with Gasteiger partial charge in [-0.3, -0.25) is 9.48 Å². The molecule has 1 unspecified atom stereocenters. The van der Waals surface area contributed by atoms with Crippen LogP contribution in [0, 0.1) is 0 Å². The summed E-state index contributed by atoms with van der Waals surface area (Å²) in [6.45, 7) is 1.05. The van der Waals surface area contributed by atoms with Crippen LogP contribution in [0.3, 0.4) is 0 Å². The van der Waals surface area contributed by atoms with Gasteiger partial charge in [0.05, 0.1) is 48.9 Å². The number of ether oxygens (including phenoxy) is 2. The number of aromatic nitrogens is 5. The van der Waals surface area contributed by atoms with Crippen LogP contribution < -0.4 is 4.74 Å². The third kappa shape index (κ3) is 5.25. The van der Waals surface area contributed by atoms with Gasteiger partial charge in [-0.05, 0) is 48.0 Å². The first-order valence-corrected chi connectivity index (χ1v) is 13.4. The molecule has 5 aromatic rings. The molecule has 0 radical (unpaired) electrons. The van der Waals surface area contributed by atoms with E-state index in [1.54, 1.807) is 29.1 Å². The summed E-state index contributed by atoms with van der Waals surface area (Å²) in [5, 5.41) is 9.09. The molecule has 1 aliphatic heterocycles. The number of pyridine rings is 1. The molecule has 3 aromatic heterocycles. The van der Waals surface area contributed by atoms with Crippen LogP contribution in [0.25, 0.3) is 34.5 Å². The monoisotopic (exact) mass is 600 g/mol.